The molecule has 0 fully saturated rings. The molecule has 0 heterocycles. The van der Waals surface area contributed by atoms with Crippen molar-refractivity contribution in [3.05, 3.63) is 77.9 Å². The fourth-order valence-corrected chi connectivity index (χ4v) is 2.84. The summed E-state index contributed by atoms with van der Waals surface area (Å²) >= 11 is 0. The fourth-order valence-electron chi connectivity index (χ4n) is 2.84. The van der Waals surface area contributed by atoms with E-state index >= 15 is 0 Å². The lowest BCUT2D eigenvalue weighted by Gasteiger charge is -2.21. The predicted octanol–water partition coefficient (Wildman–Crippen LogP) is 3.83. The first-order valence-electron chi connectivity index (χ1n) is 8.55. The first-order valence-corrected chi connectivity index (χ1v) is 8.55. The van der Waals surface area contributed by atoms with Crippen LogP contribution in [0.25, 0.3) is 10.8 Å². The zero-order chi connectivity index (χ0) is 19.4. The Kier molecular flexibility index (Phi) is 5.41. The number of hydrogen-bond donors (Lipinski definition) is 0. The van der Waals surface area contributed by atoms with E-state index in [9.17, 15) is 9.59 Å². The molecule has 5 heteroatoms. The SMILES string of the molecule is COc1cc2ccccc2cc1C(=O)OC(C(=O)N(C)C)c1ccccc1. The van der Waals surface area contributed by atoms with Gasteiger partial charge >= 0.3 is 5.97 Å². The van der Waals surface area contributed by atoms with Crippen LogP contribution in [0.4, 0.5) is 0 Å². The summed E-state index contributed by atoms with van der Waals surface area (Å²) in [4.78, 5) is 26.9. The Labute approximate surface area is 158 Å². The van der Waals surface area contributed by atoms with Crippen molar-refractivity contribution in [2.75, 3.05) is 21.2 Å². The summed E-state index contributed by atoms with van der Waals surface area (Å²) in [6.45, 7) is 0. The van der Waals surface area contributed by atoms with Gasteiger partial charge < -0.3 is 14.4 Å². The van der Waals surface area contributed by atoms with Crippen LogP contribution in [-0.2, 0) is 9.53 Å². The van der Waals surface area contributed by atoms with Gasteiger partial charge in [-0.05, 0) is 22.9 Å². The molecule has 1 atom stereocenters. The average molecular weight is 363 g/mol. The normalized spacial score (nSPS) is 11.7. The Balaban J connectivity index is 1.98. The van der Waals surface area contributed by atoms with E-state index in [4.69, 9.17) is 9.47 Å². The number of amides is 1. The van der Waals surface area contributed by atoms with E-state index in [1.165, 1.54) is 12.0 Å². The lowest BCUT2D eigenvalue weighted by Crippen LogP contribution is -2.31. The van der Waals surface area contributed by atoms with Gasteiger partial charge in [-0.1, -0.05) is 54.6 Å². The second-order valence-corrected chi connectivity index (χ2v) is 6.33. The highest BCUT2D eigenvalue weighted by molar-refractivity contribution is 6.00. The number of likely N-dealkylation sites (N-methyl/N-ethyl adjacent to an activating group) is 1. The van der Waals surface area contributed by atoms with E-state index in [1.807, 2.05) is 30.3 Å². The van der Waals surface area contributed by atoms with E-state index in [1.54, 1.807) is 50.5 Å². The maximum Gasteiger partial charge on any atom is 0.343 e. The monoisotopic (exact) mass is 363 g/mol. The van der Waals surface area contributed by atoms with Crippen LogP contribution in [0, 0.1) is 0 Å². The van der Waals surface area contributed by atoms with Crippen LogP contribution in [0.3, 0.4) is 0 Å². The summed E-state index contributed by atoms with van der Waals surface area (Å²) in [6.07, 6.45) is -1.02. The Morgan fingerprint density at radius 3 is 2.07 bits per heavy atom. The number of benzene rings is 3. The van der Waals surface area contributed by atoms with E-state index < -0.39 is 12.1 Å². The summed E-state index contributed by atoms with van der Waals surface area (Å²) in [5.74, 6) is -0.515. The summed E-state index contributed by atoms with van der Waals surface area (Å²) < 4.78 is 11.0. The van der Waals surface area contributed by atoms with E-state index in [2.05, 4.69) is 0 Å². The standard InChI is InChI=1S/C22H21NO4/c1-23(2)21(24)20(15-9-5-4-6-10-15)27-22(25)18-13-16-11-7-8-12-17(16)14-19(18)26-3/h4-14,20H,1-3H3. The van der Waals surface area contributed by atoms with Crippen LogP contribution in [-0.4, -0.2) is 38.0 Å². The van der Waals surface area contributed by atoms with Crippen molar-refractivity contribution in [2.45, 2.75) is 6.10 Å². The van der Waals surface area contributed by atoms with Crippen LogP contribution >= 0.6 is 0 Å². The maximum atomic E-state index is 12.9. The Morgan fingerprint density at radius 2 is 1.48 bits per heavy atom. The second-order valence-electron chi connectivity index (χ2n) is 6.33. The van der Waals surface area contributed by atoms with Crippen molar-refractivity contribution in [3.8, 4) is 5.75 Å². The summed E-state index contributed by atoms with van der Waals surface area (Å²) in [5, 5.41) is 1.84. The number of rotatable bonds is 5. The molecule has 0 N–H and O–H groups in total. The predicted molar refractivity (Wildman–Crippen MR) is 104 cm³/mol. The quantitative estimate of drug-likeness (QED) is 0.647. The number of carbonyl (C=O) groups excluding carboxylic acids is 2. The Morgan fingerprint density at radius 1 is 0.889 bits per heavy atom. The van der Waals surface area contributed by atoms with Crippen molar-refractivity contribution in [3.63, 3.8) is 0 Å². The molecule has 3 aromatic carbocycles. The molecule has 0 bridgehead atoms. The summed E-state index contributed by atoms with van der Waals surface area (Å²) in [6, 6.07) is 20.1. The van der Waals surface area contributed by atoms with E-state index in [0.29, 0.717) is 11.3 Å². The molecule has 3 aromatic rings. The van der Waals surface area contributed by atoms with Gasteiger partial charge in [-0.25, -0.2) is 4.79 Å². The molecule has 0 saturated carbocycles. The lowest BCUT2D eigenvalue weighted by atomic mass is 10.1. The van der Waals surface area contributed by atoms with Crippen LogP contribution in [0.2, 0.25) is 0 Å². The number of esters is 1. The van der Waals surface area contributed by atoms with Gasteiger partial charge in [0, 0.05) is 19.7 Å². The van der Waals surface area contributed by atoms with Crippen molar-refractivity contribution in [1.82, 2.24) is 4.90 Å². The van der Waals surface area contributed by atoms with Gasteiger partial charge in [-0.3, -0.25) is 4.79 Å². The molecule has 3 rings (SSSR count). The molecule has 0 aliphatic carbocycles. The minimum absolute atomic E-state index is 0.281. The summed E-state index contributed by atoms with van der Waals surface area (Å²) in [7, 11) is 4.76. The van der Waals surface area contributed by atoms with Gasteiger partial charge in [0.15, 0.2) is 0 Å². The van der Waals surface area contributed by atoms with Crippen LogP contribution < -0.4 is 4.74 Å². The first kappa shape index (κ1) is 18.5. The zero-order valence-electron chi connectivity index (χ0n) is 15.5. The van der Waals surface area contributed by atoms with Gasteiger partial charge in [0.25, 0.3) is 5.91 Å². The lowest BCUT2D eigenvalue weighted by molar-refractivity contribution is -0.138. The van der Waals surface area contributed by atoms with Crippen LogP contribution in [0.1, 0.15) is 22.0 Å². The van der Waals surface area contributed by atoms with E-state index in [-0.39, 0.29) is 11.5 Å². The molecule has 138 valence electrons. The third-order valence-corrected chi connectivity index (χ3v) is 4.28. The molecule has 1 unspecified atom stereocenters. The third-order valence-electron chi connectivity index (χ3n) is 4.28. The molecule has 0 aliphatic heterocycles. The highest BCUT2D eigenvalue weighted by Crippen LogP contribution is 2.29. The molecule has 0 aromatic heterocycles. The molecule has 1 amide bonds. The van der Waals surface area contributed by atoms with Crippen LogP contribution in [0.15, 0.2) is 66.7 Å². The molecule has 0 saturated heterocycles. The first-order chi connectivity index (χ1) is 13.0. The van der Waals surface area contributed by atoms with Crippen LogP contribution in [0.5, 0.6) is 5.75 Å². The molecular weight excluding hydrogens is 342 g/mol. The molecule has 5 nitrogen and oxygen atoms in total. The van der Waals surface area contributed by atoms with Gasteiger partial charge in [-0.15, -0.1) is 0 Å². The highest BCUT2D eigenvalue weighted by atomic mass is 16.6. The minimum Gasteiger partial charge on any atom is -0.496 e. The Hall–Kier alpha value is -3.34. The molecule has 27 heavy (non-hydrogen) atoms. The van der Waals surface area contributed by atoms with Crippen molar-refractivity contribution in [2.24, 2.45) is 0 Å². The fraction of sp³-hybridized carbons (Fsp3) is 0.182. The topological polar surface area (TPSA) is 55.8 Å². The number of methoxy groups -OCH3 is 1. The van der Waals surface area contributed by atoms with Crippen molar-refractivity contribution < 1.29 is 19.1 Å². The number of carbonyl (C=O) groups is 2. The molecule has 0 radical (unpaired) electrons. The van der Waals surface area contributed by atoms with Gasteiger partial charge in [0.1, 0.15) is 11.3 Å². The highest BCUT2D eigenvalue weighted by Gasteiger charge is 2.28. The number of nitrogens with zero attached hydrogens (tertiary/aromatic N) is 1. The third kappa shape index (κ3) is 3.92. The Bertz CT molecular complexity index is 966. The number of ether oxygens (including phenoxy) is 2. The van der Waals surface area contributed by atoms with Gasteiger partial charge in [-0.2, -0.15) is 0 Å². The second kappa shape index (κ2) is 7.91. The maximum absolute atomic E-state index is 12.9. The minimum atomic E-state index is -1.02. The molecule has 0 spiro atoms. The largest absolute Gasteiger partial charge is 0.496 e. The molecular formula is C22H21NO4. The number of hydrogen-bond acceptors (Lipinski definition) is 4. The average Bonchev–Trinajstić information content (AvgIpc) is 2.70. The van der Waals surface area contributed by atoms with Crippen molar-refractivity contribution in [1.29, 1.82) is 0 Å². The van der Waals surface area contributed by atoms with Crippen molar-refractivity contribution >= 4 is 22.6 Å². The number of fused-ring (bicyclic) bond motifs is 1. The van der Waals surface area contributed by atoms with Gasteiger partial charge in [0.2, 0.25) is 6.10 Å². The molecule has 0 aliphatic rings. The zero-order valence-corrected chi connectivity index (χ0v) is 15.5. The van der Waals surface area contributed by atoms with Gasteiger partial charge in [0.05, 0.1) is 7.11 Å². The summed E-state index contributed by atoms with van der Waals surface area (Å²) in [5.41, 5.74) is 0.896. The smallest absolute Gasteiger partial charge is 0.343 e. The van der Waals surface area contributed by atoms with E-state index in [0.717, 1.165) is 10.8 Å².